The fraction of sp³-hybridized carbons (Fsp3) is 0.217. The van der Waals surface area contributed by atoms with E-state index in [1.165, 1.54) is 28.9 Å². The number of hydrogen-bond donors (Lipinski definition) is 3. The number of aromatic amines is 1. The van der Waals surface area contributed by atoms with Crippen molar-refractivity contribution in [2.24, 2.45) is 0 Å². The number of aliphatic carboxylic acids is 1. The topological polar surface area (TPSA) is 130 Å². The molecule has 0 aliphatic carbocycles. The number of halogens is 2. The zero-order chi connectivity index (χ0) is 25.4. The number of rotatable bonds is 8. The van der Waals surface area contributed by atoms with Crippen molar-refractivity contribution in [3.8, 4) is 22.1 Å². The van der Waals surface area contributed by atoms with Crippen molar-refractivity contribution in [3.05, 3.63) is 57.2 Å². The quantitative estimate of drug-likeness (QED) is 0.230. The number of fused-ring (bicyclic) bond motifs is 1. The number of nitrogens with zero attached hydrogens (tertiary/aromatic N) is 5. The Labute approximate surface area is 217 Å². The van der Waals surface area contributed by atoms with Crippen LogP contribution in [0.1, 0.15) is 25.3 Å². The number of anilines is 1. The summed E-state index contributed by atoms with van der Waals surface area (Å²) in [6.45, 7) is 3.73. The summed E-state index contributed by atoms with van der Waals surface area (Å²) in [5, 5.41) is 25.1. The van der Waals surface area contributed by atoms with Crippen molar-refractivity contribution in [2.45, 2.75) is 31.7 Å². The van der Waals surface area contributed by atoms with E-state index in [9.17, 15) is 9.90 Å². The van der Waals surface area contributed by atoms with Gasteiger partial charge in [0.05, 0.1) is 21.7 Å². The highest BCUT2D eigenvalue weighted by atomic mass is 35.5. The molecule has 5 aromatic rings. The lowest BCUT2D eigenvalue weighted by atomic mass is 9.83. The van der Waals surface area contributed by atoms with Gasteiger partial charge in [-0.15, -0.1) is 22.7 Å². The van der Waals surface area contributed by atoms with Crippen LogP contribution >= 0.6 is 34.3 Å². The summed E-state index contributed by atoms with van der Waals surface area (Å²) in [6.07, 6.45) is 2.84. The molecule has 9 nitrogen and oxygen atoms in total. The van der Waals surface area contributed by atoms with Crippen LogP contribution in [-0.4, -0.2) is 47.3 Å². The van der Waals surface area contributed by atoms with Gasteiger partial charge in [-0.3, -0.25) is 9.89 Å². The summed E-state index contributed by atoms with van der Waals surface area (Å²) in [7, 11) is 0. The molecule has 5 heterocycles. The zero-order valence-electron chi connectivity index (χ0n) is 19.0. The molecule has 13 heteroatoms. The van der Waals surface area contributed by atoms with Crippen LogP contribution in [0.2, 0.25) is 5.02 Å². The Morgan fingerprint density at radius 2 is 2.11 bits per heavy atom. The lowest BCUT2D eigenvalue weighted by molar-refractivity contribution is -0.137. The van der Waals surface area contributed by atoms with Crippen molar-refractivity contribution < 1.29 is 14.3 Å². The third-order valence-corrected chi connectivity index (χ3v) is 7.95. The number of carboxylic acids is 1. The fourth-order valence-electron chi connectivity index (χ4n) is 3.79. The molecule has 0 amide bonds. The maximum Gasteiger partial charge on any atom is 0.305 e. The largest absolute Gasteiger partial charge is 0.481 e. The minimum Gasteiger partial charge on any atom is -0.481 e. The maximum absolute atomic E-state index is 15.9. The number of thiazole rings is 1. The molecule has 5 rings (SSSR count). The highest BCUT2D eigenvalue weighted by Gasteiger charge is 2.36. The van der Waals surface area contributed by atoms with E-state index in [-0.39, 0.29) is 23.8 Å². The van der Waals surface area contributed by atoms with E-state index in [1.807, 2.05) is 24.6 Å². The monoisotopic (exact) mass is 543 g/mol. The number of aromatic nitrogens is 6. The Morgan fingerprint density at radius 1 is 1.28 bits per heavy atom. The van der Waals surface area contributed by atoms with Gasteiger partial charge in [0.15, 0.2) is 23.1 Å². The highest BCUT2D eigenvalue weighted by Crippen LogP contribution is 2.36. The fourth-order valence-corrected chi connectivity index (χ4v) is 5.48. The summed E-state index contributed by atoms with van der Waals surface area (Å²) in [5.41, 5.74) is 0.153. The molecule has 0 saturated carbocycles. The minimum absolute atomic E-state index is 0.0800. The van der Waals surface area contributed by atoms with E-state index in [1.54, 1.807) is 24.4 Å². The van der Waals surface area contributed by atoms with E-state index in [0.29, 0.717) is 26.6 Å². The Hall–Kier alpha value is -3.48. The van der Waals surface area contributed by atoms with Gasteiger partial charge in [0.2, 0.25) is 0 Å². The predicted octanol–water partition coefficient (Wildman–Crippen LogP) is 5.63. The van der Waals surface area contributed by atoms with Crippen molar-refractivity contribution in [1.29, 1.82) is 0 Å². The molecule has 0 aromatic carbocycles. The number of carboxylic acid groups (broad SMARTS) is 1. The van der Waals surface area contributed by atoms with Crippen molar-refractivity contribution in [3.63, 3.8) is 0 Å². The Balaban J connectivity index is 1.66. The number of H-pyrrole nitrogens is 1. The highest BCUT2D eigenvalue weighted by molar-refractivity contribution is 7.13. The summed E-state index contributed by atoms with van der Waals surface area (Å²) in [4.78, 5) is 29.9. The van der Waals surface area contributed by atoms with E-state index in [2.05, 4.69) is 35.5 Å². The number of nitrogens with one attached hydrogen (secondary N) is 2. The summed E-state index contributed by atoms with van der Waals surface area (Å²) in [5.74, 6) is -1.69. The molecule has 36 heavy (non-hydrogen) atoms. The molecule has 0 saturated heterocycles. The van der Waals surface area contributed by atoms with Crippen molar-refractivity contribution >= 4 is 57.1 Å². The summed E-state index contributed by atoms with van der Waals surface area (Å²) >= 11 is 8.87. The second kappa shape index (κ2) is 9.52. The van der Waals surface area contributed by atoms with Crippen LogP contribution < -0.4 is 5.32 Å². The molecule has 1 unspecified atom stereocenters. The molecule has 0 aliphatic heterocycles. The van der Waals surface area contributed by atoms with Crippen LogP contribution in [-0.2, 0) is 10.2 Å². The van der Waals surface area contributed by atoms with Crippen LogP contribution in [0.25, 0.3) is 33.1 Å². The van der Waals surface area contributed by atoms with Crippen LogP contribution in [0.5, 0.6) is 0 Å². The average Bonchev–Trinajstić information content (AvgIpc) is 3.61. The maximum atomic E-state index is 15.9. The van der Waals surface area contributed by atoms with Gasteiger partial charge in [0, 0.05) is 29.2 Å². The first-order valence-corrected chi connectivity index (χ1v) is 12.9. The van der Waals surface area contributed by atoms with E-state index in [0.717, 1.165) is 5.01 Å². The van der Waals surface area contributed by atoms with Crippen LogP contribution in [0.3, 0.4) is 0 Å². The Morgan fingerprint density at radius 3 is 2.81 bits per heavy atom. The van der Waals surface area contributed by atoms with Crippen molar-refractivity contribution in [2.75, 3.05) is 5.32 Å². The van der Waals surface area contributed by atoms with Crippen LogP contribution in [0.15, 0.2) is 41.4 Å². The standard InChI is InChI=1S/C23H19ClFN7O2S2/c1-23(2,22-26-5-7-36-22)14(9-15(33)34)28-20-16(25)18(13-4-3-6-35-13)29-21(30-20)17-12-8-11(24)10-27-19(12)32-31-17/h3-8,10,14H,9H2,1-2H3,(H,33,34)(H,27,31,32)(H,28,29,30). The summed E-state index contributed by atoms with van der Waals surface area (Å²) < 4.78 is 15.9. The average molecular weight is 544 g/mol. The third kappa shape index (κ3) is 4.54. The molecule has 3 N–H and O–H groups in total. The smallest absolute Gasteiger partial charge is 0.305 e. The van der Waals surface area contributed by atoms with E-state index < -0.39 is 23.2 Å². The third-order valence-electron chi connectivity index (χ3n) is 5.75. The molecule has 0 fully saturated rings. The van der Waals surface area contributed by atoms with Gasteiger partial charge in [-0.05, 0) is 17.5 Å². The normalized spacial score (nSPS) is 12.7. The first kappa shape index (κ1) is 24.2. The number of hydrogen-bond acceptors (Lipinski definition) is 9. The van der Waals surface area contributed by atoms with E-state index >= 15 is 4.39 Å². The van der Waals surface area contributed by atoms with E-state index in [4.69, 9.17) is 11.6 Å². The summed E-state index contributed by atoms with van der Waals surface area (Å²) in [6, 6.07) is 4.49. The molecule has 0 aliphatic rings. The van der Waals surface area contributed by atoms with Crippen LogP contribution in [0.4, 0.5) is 10.2 Å². The molecule has 1 atom stereocenters. The SMILES string of the molecule is CC(C)(c1nccs1)C(CC(=O)O)Nc1nc(-c2[nH]nc3ncc(Cl)cc23)nc(-c2cccs2)c1F. The van der Waals surface area contributed by atoms with Gasteiger partial charge in [0.1, 0.15) is 16.4 Å². The van der Waals surface area contributed by atoms with Gasteiger partial charge >= 0.3 is 5.97 Å². The first-order chi connectivity index (χ1) is 17.2. The number of pyridine rings is 1. The van der Waals surface area contributed by atoms with Gasteiger partial charge in [0.25, 0.3) is 0 Å². The molecule has 184 valence electrons. The van der Waals surface area contributed by atoms with Gasteiger partial charge in [-0.2, -0.15) is 5.10 Å². The predicted molar refractivity (Wildman–Crippen MR) is 138 cm³/mol. The minimum atomic E-state index is -1.04. The van der Waals surface area contributed by atoms with Gasteiger partial charge in [-0.25, -0.2) is 24.3 Å². The second-order valence-electron chi connectivity index (χ2n) is 8.51. The first-order valence-electron chi connectivity index (χ1n) is 10.7. The molecule has 0 spiro atoms. The Bertz CT molecular complexity index is 1540. The number of thiophene rings is 1. The van der Waals surface area contributed by atoms with Gasteiger partial charge < -0.3 is 10.4 Å². The molecule has 0 radical (unpaired) electrons. The molecule has 5 aromatic heterocycles. The van der Waals surface area contributed by atoms with Crippen molar-refractivity contribution in [1.82, 2.24) is 30.1 Å². The second-order valence-corrected chi connectivity index (χ2v) is 10.8. The molecule has 0 bridgehead atoms. The lowest BCUT2D eigenvalue weighted by Crippen LogP contribution is -2.42. The van der Waals surface area contributed by atoms with Gasteiger partial charge in [-0.1, -0.05) is 31.5 Å². The zero-order valence-corrected chi connectivity index (χ0v) is 21.4. The molecular formula is C23H19ClFN7O2S2. The van der Waals surface area contributed by atoms with Crippen LogP contribution in [0, 0.1) is 5.82 Å². The Kier molecular flexibility index (Phi) is 6.41. The number of carbonyl (C=O) groups is 1. The lowest BCUT2D eigenvalue weighted by Gasteiger charge is -2.33. The molecular weight excluding hydrogens is 525 g/mol.